The quantitative estimate of drug-likeness (QED) is 0.869. The monoisotopic (exact) mass is 278 g/mol. The second-order valence-corrected chi connectivity index (χ2v) is 6.21. The first-order chi connectivity index (χ1) is 9.10. The fourth-order valence-electron chi connectivity index (χ4n) is 2.06. The highest BCUT2D eigenvalue weighted by Crippen LogP contribution is 2.17. The third kappa shape index (κ3) is 4.94. The summed E-state index contributed by atoms with van der Waals surface area (Å²) in [6.45, 7) is 9.72. The van der Waals surface area contributed by atoms with E-state index in [1.165, 1.54) is 0 Å². The molecular formula is C16H26N2O2. The van der Waals surface area contributed by atoms with E-state index in [4.69, 9.17) is 0 Å². The van der Waals surface area contributed by atoms with Gasteiger partial charge in [0.1, 0.15) is 0 Å². The van der Waals surface area contributed by atoms with Gasteiger partial charge < -0.3 is 10.4 Å². The molecule has 1 rings (SSSR count). The van der Waals surface area contributed by atoms with Crippen LogP contribution in [0.3, 0.4) is 0 Å². The second-order valence-electron chi connectivity index (χ2n) is 6.21. The van der Waals surface area contributed by atoms with Crippen molar-refractivity contribution in [2.24, 2.45) is 0 Å². The molecule has 4 heteroatoms. The summed E-state index contributed by atoms with van der Waals surface area (Å²) in [4.78, 5) is 14.1. The van der Waals surface area contributed by atoms with Crippen LogP contribution in [0.25, 0.3) is 0 Å². The molecule has 112 valence electrons. The zero-order valence-electron chi connectivity index (χ0n) is 13.3. The van der Waals surface area contributed by atoms with E-state index >= 15 is 0 Å². The number of aliphatic hydroxyl groups is 1. The third-order valence-corrected chi connectivity index (χ3v) is 3.33. The molecule has 2 N–H and O–H groups in total. The highest BCUT2D eigenvalue weighted by molar-refractivity contribution is 5.95. The Morgan fingerprint density at radius 3 is 2.55 bits per heavy atom. The molecule has 20 heavy (non-hydrogen) atoms. The number of hydrogen-bond acceptors (Lipinski definition) is 3. The van der Waals surface area contributed by atoms with E-state index in [9.17, 15) is 9.90 Å². The van der Waals surface area contributed by atoms with Crippen LogP contribution >= 0.6 is 0 Å². The number of aryl methyl sites for hydroxylation is 2. The topological polar surface area (TPSA) is 52.6 Å². The van der Waals surface area contributed by atoms with Crippen LogP contribution in [0, 0.1) is 13.8 Å². The molecule has 0 aliphatic rings. The van der Waals surface area contributed by atoms with Crippen molar-refractivity contribution in [3.05, 3.63) is 29.3 Å². The highest BCUT2D eigenvalue weighted by Gasteiger charge is 2.23. The maximum atomic E-state index is 12.3. The lowest BCUT2D eigenvalue weighted by atomic mass is 10.1. The minimum absolute atomic E-state index is 0.0644. The van der Waals surface area contributed by atoms with Crippen LogP contribution < -0.4 is 5.32 Å². The van der Waals surface area contributed by atoms with Crippen molar-refractivity contribution >= 4 is 11.6 Å². The Morgan fingerprint density at radius 1 is 1.40 bits per heavy atom. The van der Waals surface area contributed by atoms with Crippen molar-refractivity contribution in [3.8, 4) is 0 Å². The second kappa shape index (κ2) is 6.37. The summed E-state index contributed by atoms with van der Waals surface area (Å²) in [5.74, 6) is -0.0644. The van der Waals surface area contributed by atoms with E-state index in [-0.39, 0.29) is 11.9 Å². The molecule has 1 atom stereocenters. The lowest BCUT2D eigenvalue weighted by Crippen LogP contribution is -2.46. The van der Waals surface area contributed by atoms with Crippen molar-refractivity contribution < 1.29 is 9.90 Å². The molecule has 1 aromatic rings. The average Bonchev–Trinajstić information content (AvgIpc) is 2.30. The molecule has 0 aromatic heterocycles. The number of anilines is 1. The van der Waals surface area contributed by atoms with Gasteiger partial charge >= 0.3 is 0 Å². The number of benzene rings is 1. The molecule has 0 aliphatic heterocycles. The van der Waals surface area contributed by atoms with E-state index in [0.717, 1.165) is 16.8 Å². The minimum atomic E-state index is -0.817. The highest BCUT2D eigenvalue weighted by atomic mass is 16.3. The standard InChI is InChI=1S/C16H26N2O2/c1-11-7-8-12(2)14(9-11)17-15(19)13(3)18(6)10-16(4,5)20/h7-9,13,20H,10H2,1-6H3,(H,17,19). The van der Waals surface area contributed by atoms with Gasteiger partial charge in [-0.1, -0.05) is 12.1 Å². The van der Waals surface area contributed by atoms with Crippen LogP contribution in [0.5, 0.6) is 0 Å². The van der Waals surface area contributed by atoms with Gasteiger partial charge in [-0.2, -0.15) is 0 Å². The summed E-state index contributed by atoms with van der Waals surface area (Å²) in [5.41, 5.74) is 2.19. The van der Waals surface area contributed by atoms with Gasteiger partial charge in [-0.05, 0) is 58.9 Å². The van der Waals surface area contributed by atoms with Crippen LogP contribution in [-0.2, 0) is 4.79 Å². The third-order valence-electron chi connectivity index (χ3n) is 3.33. The van der Waals surface area contributed by atoms with Crippen LogP contribution in [-0.4, -0.2) is 41.1 Å². The Balaban J connectivity index is 2.73. The van der Waals surface area contributed by atoms with Crippen LogP contribution in [0.2, 0.25) is 0 Å². The smallest absolute Gasteiger partial charge is 0.241 e. The van der Waals surface area contributed by atoms with Crippen LogP contribution in [0.15, 0.2) is 18.2 Å². The van der Waals surface area contributed by atoms with Gasteiger partial charge in [0.25, 0.3) is 0 Å². The van der Waals surface area contributed by atoms with Gasteiger partial charge in [-0.3, -0.25) is 9.69 Å². The zero-order chi connectivity index (χ0) is 15.5. The van der Waals surface area contributed by atoms with E-state index in [2.05, 4.69) is 5.32 Å². The van der Waals surface area contributed by atoms with Gasteiger partial charge in [0.2, 0.25) is 5.91 Å². The van der Waals surface area contributed by atoms with Crippen molar-refractivity contribution in [2.45, 2.75) is 46.3 Å². The maximum absolute atomic E-state index is 12.3. The normalized spacial score (nSPS) is 13.4. The van der Waals surface area contributed by atoms with Crippen molar-refractivity contribution in [1.82, 2.24) is 4.90 Å². The van der Waals surface area contributed by atoms with Gasteiger partial charge in [0.15, 0.2) is 0 Å². The molecule has 0 saturated carbocycles. The van der Waals surface area contributed by atoms with Gasteiger partial charge in [-0.25, -0.2) is 0 Å². The summed E-state index contributed by atoms with van der Waals surface area (Å²) in [6.07, 6.45) is 0. The van der Waals surface area contributed by atoms with Crippen molar-refractivity contribution in [3.63, 3.8) is 0 Å². The Labute approximate surface area is 121 Å². The Hall–Kier alpha value is -1.39. The molecule has 0 spiro atoms. The SMILES string of the molecule is Cc1ccc(C)c(NC(=O)C(C)N(C)CC(C)(C)O)c1. The molecular weight excluding hydrogens is 252 g/mol. The molecule has 4 nitrogen and oxygen atoms in total. The van der Waals surface area contributed by atoms with Crippen molar-refractivity contribution in [1.29, 1.82) is 0 Å². The Kier molecular flexibility index (Phi) is 5.31. The average molecular weight is 278 g/mol. The Bertz CT molecular complexity index is 478. The molecule has 1 unspecified atom stereocenters. The first-order valence-corrected chi connectivity index (χ1v) is 6.91. The molecule has 0 fully saturated rings. The Morgan fingerprint density at radius 2 is 2.00 bits per heavy atom. The predicted molar refractivity (Wildman–Crippen MR) is 82.9 cm³/mol. The lowest BCUT2D eigenvalue weighted by Gasteiger charge is -2.29. The van der Waals surface area contributed by atoms with Gasteiger partial charge in [-0.15, -0.1) is 0 Å². The summed E-state index contributed by atoms with van der Waals surface area (Å²) < 4.78 is 0. The van der Waals surface area contributed by atoms with Crippen LogP contribution in [0.4, 0.5) is 5.69 Å². The van der Waals surface area contributed by atoms with E-state index in [0.29, 0.717) is 6.54 Å². The number of hydrogen-bond donors (Lipinski definition) is 2. The molecule has 1 aromatic carbocycles. The minimum Gasteiger partial charge on any atom is -0.389 e. The number of nitrogens with one attached hydrogen (secondary N) is 1. The summed E-state index contributed by atoms with van der Waals surface area (Å²) >= 11 is 0. The number of carbonyl (C=O) groups excluding carboxylic acids is 1. The molecule has 0 radical (unpaired) electrons. The maximum Gasteiger partial charge on any atom is 0.241 e. The van der Waals surface area contributed by atoms with E-state index in [1.807, 2.05) is 50.9 Å². The summed E-state index contributed by atoms with van der Waals surface area (Å²) in [7, 11) is 1.84. The predicted octanol–water partition coefficient (Wildman–Crippen LogP) is 2.33. The summed E-state index contributed by atoms with van der Waals surface area (Å²) in [5, 5.41) is 12.8. The molecule has 0 saturated heterocycles. The fourth-order valence-corrected chi connectivity index (χ4v) is 2.06. The van der Waals surface area contributed by atoms with Crippen LogP contribution in [0.1, 0.15) is 31.9 Å². The first kappa shape index (κ1) is 16.7. The molecule has 1 amide bonds. The van der Waals surface area contributed by atoms with Gasteiger partial charge in [0, 0.05) is 12.2 Å². The lowest BCUT2D eigenvalue weighted by molar-refractivity contribution is -0.121. The number of carbonyl (C=O) groups is 1. The van der Waals surface area contributed by atoms with E-state index in [1.54, 1.807) is 13.8 Å². The summed E-state index contributed by atoms with van der Waals surface area (Å²) in [6, 6.07) is 5.68. The number of rotatable bonds is 5. The zero-order valence-corrected chi connectivity index (χ0v) is 13.3. The van der Waals surface area contributed by atoms with Gasteiger partial charge in [0.05, 0.1) is 11.6 Å². The molecule has 0 aliphatic carbocycles. The molecule has 0 heterocycles. The molecule has 0 bridgehead atoms. The van der Waals surface area contributed by atoms with Crippen molar-refractivity contribution in [2.75, 3.05) is 18.9 Å². The number of likely N-dealkylation sites (N-methyl/N-ethyl adjacent to an activating group) is 1. The largest absolute Gasteiger partial charge is 0.389 e. The fraction of sp³-hybridized carbons (Fsp3) is 0.562. The number of nitrogens with zero attached hydrogens (tertiary/aromatic N) is 1. The number of amides is 1. The van der Waals surface area contributed by atoms with E-state index < -0.39 is 5.60 Å². The first-order valence-electron chi connectivity index (χ1n) is 6.91.